The van der Waals surface area contributed by atoms with E-state index in [1.807, 2.05) is 70.5 Å². The number of H-pyrrole nitrogens is 1. The molecule has 5 heteroatoms. The molecule has 1 aromatic heterocycles. The lowest BCUT2D eigenvalue weighted by Crippen LogP contribution is -2.51. The van der Waals surface area contributed by atoms with Crippen molar-refractivity contribution in [3.63, 3.8) is 0 Å². The van der Waals surface area contributed by atoms with Crippen molar-refractivity contribution in [1.82, 2.24) is 14.8 Å². The molecule has 1 saturated heterocycles. The first kappa shape index (κ1) is 16.4. The fourth-order valence-corrected chi connectivity index (χ4v) is 3.66. The van der Waals surface area contributed by atoms with Crippen molar-refractivity contribution in [3.8, 4) is 0 Å². The quantitative estimate of drug-likeness (QED) is 0.774. The van der Waals surface area contributed by atoms with Crippen LogP contribution in [0.1, 0.15) is 29.0 Å². The van der Waals surface area contributed by atoms with Gasteiger partial charge in [0.15, 0.2) is 0 Å². The maximum absolute atomic E-state index is 13.0. The number of rotatable bonds is 2. The number of aromatic amines is 1. The maximum atomic E-state index is 13.0. The summed E-state index contributed by atoms with van der Waals surface area (Å²) in [5.41, 5.74) is 2.60. The molecule has 26 heavy (non-hydrogen) atoms. The highest BCUT2D eigenvalue weighted by atomic mass is 16.2. The largest absolute Gasteiger partial charge is 0.351 e. The standard InChI is InChI=1S/C21H21N3O2/c1-15(25)24-12-11-23(14-20(24)16-7-3-2-4-8-16)21(26)19-13-17-9-5-6-10-18(17)22-19/h2-10,13,20,22H,11-12,14H2,1H3. The fourth-order valence-electron chi connectivity index (χ4n) is 3.66. The zero-order chi connectivity index (χ0) is 18.1. The number of para-hydroxylation sites is 1. The average molecular weight is 347 g/mol. The Balaban J connectivity index is 1.61. The van der Waals surface area contributed by atoms with E-state index in [1.165, 1.54) is 0 Å². The van der Waals surface area contributed by atoms with Crippen molar-refractivity contribution in [3.05, 3.63) is 71.9 Å². The predicted octanol–water partition coefficient (Wildman–Crippen LogP) is 3.21. The summed E-state index contributed by atoms with van der Waals surface area (Å²) < 4.78 is 0. The molecule has 2 heterocycles. The number of carbonyl (C=O) groups is 2. The number of nitrogens with one attached hydrogen (secondary N) is 1. The number of piperazine rings is 1. The Morgan fingerprint density at radius 3 is 2.46 bits per heavy atom. The summed E-state index contributed by atoms with van der Waals surface area (Å²) in [7, 11) is 0. The van der Waals surface area contributed by atoms with Gasteiger partial charge in [0.1, 0.15) is 5.69 Å². The molecule has 0 spiro atoms. The highest BCUT2D eigenvalue weighted by Gasteiger charge is 2.32. The van der Waals surface area contributed by atoms with Gasteiger partial charge in [0.05, 0.1) is 6.04 Å². The van der Waals surface area contributed by atoms with Crippen molar-refractivity contribution in [2.75, 3.05) is 19.6 Å². The number of aromatic nitrogens is 1. The molecule has 2 aromatic carbocycles. The van der Waals surface area contributed by atoms with Crippen molar-refractivity contribution < 1.29 is 9.59 Å². The zero-order valence-electron chi connectivity index (χ0n) is 14.7. The summed E-state index contributed by atoms with van der Waals surface area (Å²) in [6.45, 7) is 3.17. The number of carbonyl (C=O) groups excluding carboxylic acids is 2. The smallest absolute Gasteiger partial charge is 0.270 e. The summed E-state index contributed by atoms with van der Waals surface area (Å²) in [5.74, 6) is 0.0156. The molecule has 1 N–H and O–H groups in total. The van der Waals surface area contributed by atoms with Gasteiger partial charge in [-0.2, -0.15) is 0 Å². The Labute approximate surface area is 152 Å². The minimum Gasteiger partial charge on any atom is -0.351 e. The van der Waals surface area contributed by atoms with Gasteiger partial charge in [0.2, 0.25) is 5.91 Å². The molecule has 0 bridgehead atoms. The van der Waals surface area contributed by atoms with Crippen molar-refractivity contribution in [2.24, 2.45) is 0 Å². The lowest BCUT2D eigenvalue weighted by atomic mass is 10.0. The molecular weight excluding hydrogens is 326 g/mol. The van der Waals surface area contributed by atoms with Crippen LogP contribution in [-0.4, -0.2) is 46.2 Å². The lowest BCUT2D eigenvalue weighted by molar-refractivity contribution is -0.133. The topological polar surface area (TPSA) is 56.4 Å². The second-order valence-corrected chi connectivity index (χ2v) is 6.66. The molecule has 2 amide bonds. The summed E-state index contributed by atoms with van der Waals surface area (Å²) >= 11 is 0. The molecule has 1 aliphatic rings. The normalized spacial score (nSPS) is 17.5. The van der Waals surface area contributed by atoms with Crippen LogP contribution in [0.15, 0.2) is 60.7 Å². The molecule has 132 valence electrons. The highest BCUT2D eigenvalue weighted by molar-refractivity contribution is 5.98. The van der Waals surface area contributed by atoms with Crippen molar-refractivity contribution in [1.29, 1.82) is 0 Å². The number of benzene rings is 2. The Bertz CT molecular complexity index is 915. The van der Waals surface area contributed by atoms with Crippen molar-refractivity contribution >= 4 is 22.7 Å². The second kappa shape index (κ2) is 6.67. The third-order valence-electron chi connectivity index (χ3n) is 5.02. The van der Waals surface area contributed by atoms with Gasteiger partial charge in [-0.05, 0) is 17.7 Å². The number of fused-ring (bicyclic) bond motifs is 1. The van der Waals surface area contributed by atoms with E-state index in [0.717, 1.165) is 16.5 Å². The summed E-state index contributed by atoms with van der Waals surface area (Å²) in [5, 5.41) is 1.03. The van der Waals surface area contributed by atoms with Crippen LogP contribution in [0.5, 0.6) is 0 Å². The van der Waals surface area contributed by atoms with Crippen LogP contribution in [0.2, 0.25) is 0 Å². The van der Waals surface area contributed by atoms with Gasteiger partial charge in [-0.15, -0.1) is 0 Å². The first-order valence-corrected chi connectivity index (χ1v) is 8.82. The third-order valence-corrected chi connectivity index (χ3v) is 5.02. The minimum absolute atomic E-state index is 0.0228. The zero-order valence-corrected chi connectivity index (χ0v) is 14.7. The molecule has 4 rings (SSSR count). The minimum atomic E-state index is -0.115. The van der Waals surface area contributed by atoms with Crippen molar-refractivity contribution in [2.45, 2.75) is 13.0 Å². The number of hydrogen-bond acceptors (Lipinski definition) is 2. The first-order valence-electron chi connectivity index (χ1n) is 8.82. The van der Waals surface area contributed by atoms with Crippen LogP contribution in [-0.2, 0) is 4.79 Å². The molecule has 1 aliphatic heterocycles. The Hall–Kier alpha value is -3.08. The van der Waals surface area contributed by atoms with Crippen LogP contribution in [0.3, 0.4) is 0 Å². The summed E-state index contributed by atoms with van der Waals surface area (Å²) in [6.07, 6.45) is 0. The van der Waals surface area contributed by atoms with E-state index in [0.29, 0.717) is 25.3 Å². The molecule has 0 radical (unpaired) electrons. The van der Waals surface area contributed by atoms with Gasteiger partial charge in [-0.3, -0.25) is 9.59 Å². The van der Waals surface area contributed by atoms with E-state index in [2.05, 4.69) is 4.98 Å². The van der Waals surface area contributed by atoms with E-state index in [4.69, 9.17) is 0 Å². The second-order valence-electron chi connectivity index (χ2n) is 6.66. The van der Waals surface area contributed by atoms with Gasteiger partial charge in [-0.25, -0.2) is 0 Å². The summed E-state index contributed by atoms with van der Waals surface area (Å²) in [4.78, 5) is 32.0. The van der Waals surface area contributed by atoms with Gasteiger partial charge in [0, 0.05) is 37.5 Å². The van der Waals surface area contributed by atoms with E-state index in [9.17, 15) is 9.59 Å². The van der Waals surface area contributed by atoms with Crippen LogP contribution >= 0.6 is 0 Å². The molecule has 1 atom stereocenters. The number of amides is 2. The van der Waals surface area contributed by atoms with Crippen LogP contribution < -0.4 is 0 Å². The van der Waals surface area contributed by atoms with E-state index in [1.54, 1.807) is 6.92 Å². The van der Waals surface area contributed by atoms with Crippen LogP contribution in [0.25, 0.3) is 10.9 Å². The molecule has 3 aromatic rings. The lowest BCUT2D eigenvalue weighted by Gasteiger charge is -2.41. The Kier molecular flexibility index (Phi) is 4.21. The van der Waals surface area contributed by atoms with Gasteiger partial charge >= 0.3 is 0 Å². The first-order chi connectivity index (χ1) is 12.6. The molecule has 5 nitrogen and oxygen atoms in total. The van der Waals surface area contributed by atoms with E-state index < -0.39 is 0 Å². The number of nitrogens with zero attached hydrogens (tertiary/aromatic N) is 2. The van der Waals surface area contributed by atoms with E-state index >= 15 is 0 Å². The predicted molar refractivity (Wildman–Crippen MR) is 101 cm³/mol. The maximum Gasteiger partial charge on any atom is 0.270 e. The van der Waals surface area contributed by atoms with Gasteiger partial charge < -0.3 is 14.8 Å². The Morgan fingerprint density at radius 1 is 1.00 bits per heavy atom. The molecule has 1 fully saturated rings. The molecule has 0 saturated carbocycles. The summed E-state index contributed by atoms with van der Waals surface area (Å²) in [6, 6.07) is 19.6. The molecule has 0 aliphatic carbocycles. The monoisotopic (exact) mass is 347 g/mol. The highest BCUT2D eigenvalue weighted by Crippen LogP contribution is 2.27. The molecule has 1 unspecified atom stereocenters. The fraction of sp³-hybridized carbons (Fsp3) is 0.238. The third kappa shape index (κ3) is 2.96. The SMILES string of the molecule is CC(=O)N1CCN(C(=O)c2cc3ccccc3[nH]2)CC1c1ccccc1. The van der Waals surface area contributed by atoms with Crippen LogP contribution in [0.4, 0.5) is 0 Å². The van der Waals surface area contributed by atoms with Gasteiger partial charge in [-0.1, -0.05) is 48.5 Å². The Morgan fingerprint density at radius 2 is 1.73 bits per heavy atom. The molecular formula is C21H21N3O2. The van der Waals surface area contributed by atoms with Gasteiger partial charge in [0.25, 0.3) is 5.91 Å². The number of hydrogen-bond donors (Lipinski definition) is 1. The average Bonchev–Trinajstić information content (AvgIpc) is 3.11. The van der Waals surface area contributed by atoms with E-state index in [-0.39, 0.29) is 17.9 Å². The van der Waals surface area contributed by atoms with Crippen LogP contribution in [0, 0.1) is 0 Å².